The van der Waals surface area contributed by atoms with Crippen molar-refractivity contribution in [2.24, 2.45) is 0 Å². The predicted molar refractivity (Wildman–Crippen MR) is 117 cm³/mol. The van der Waals surface area contributed by atoms with E-state index in [1.54, 1.807) is 24.3 Å². The summed E-state index contributed by atoms with van der Waals surface area (Å²) >= 11 is 1.18. The minimum absolute atomic E-state index is 0. The van der Waals surface area contributed by atoms with Crippen molar-refractivity contribution in [2.45, 2.75) is 19.4 Å². The van der Waals surface area contributed by atoms with Crippen LogP contribution >= 0.6 is 24.2 Å². The summed E-state index contributed by atoms with van der Waals surface area (Å²) in [6, 6.07) is 6.64. The molecule has 1 aromatic rings. The second-order valence-electron chi connectivity index (χ2n) is 7.40. The first-order valence-corrected chi connectivity index (χ1v) is 10.8. The topological polar surface area (TPSA) is 86.8 Å². The number of halogens is 1. The Balaban J connectivity index is 0.00000256. The van der Waals surface area contributed by atoms with Crippen molar-refractivity contribution < 1.29 is 19.2 Å². The van der Waals surface area contributed by atoms with Crippen LogP contribution in [0.25, 0.3) is 0 Å². The molecule has 1 saturated heterocycles. The van der Waals surface area contributed by atoms with Crippen LogP contribution in [0.3, 0.4) is 0 Å². The molecule has 160 valence electrons. The number of likely N-dealkylation sites (N-methyl/N-ethyl adjacent to an activating group) is 1. The summed E-state index contributed by atoms with van der Waals surface area (Å²) in [6.45, 7) is 6.82. The summed E-state index contributed by atoms with van der Waals surface area (Å²) in [7, 11) is 0. The Morgan fingerprint density at radius 3 is 2.33 bits per heavy atom. The summed E-state index contributed by atoms with van der Waals surface area (Å²) in [5.41, 5.74) is -0.676. The van der Waals surface area contributed by atoms with Gasteiger partial charge in [0.1, 0.15) is 0 Å². The van der Waals surface area contributed by atoms with E-state index < -0.39 is 5.54 Å². The van der Waals surface area contributed by atoms with Crippen LogP contribution in [0.15, 0.2) is 34.7 Å². The first-order valence-electron chi connectivity index (χ1n) is 9.81. The highest BCUT2D eigenvalue weighted by Crippen LogP contribution is 2.46. The lowest BCUT2D eigenvalue weighted by Crippen LogP contribution is -2.69. The Kier molecular flexibility index (Phi) is 6.40. The van der Waals surface area contributed by atoms with E-state index in [4.69, 9.17) is 0 Å². The molecule has 1 aromatic carbocycles. The number of benzene rings is 1. The van der Waals surface area contributed by atoms with E-state index in [1.165, 1.54) is 16.7 Å². The maximum Gasteiger partial charge on any atom is 0.254 e. The van der Waals surface area contributed by atoms with E-state index >= 15 is 0 Å². The molecule has 0 radical (unpaired) electrons. The first kappa shape index (κ1) is 22.5. The van der Waals surface area contributed by atoms with Crippen LogP contribution in [0.4, 0.5) is 0 Å². The smallest absolute Gasteiger partial charge is 0.254 e. The number of allylic oxidation sites excluding steroid dienone is 1. The van der Waals surface area contributed by atoms with Gasteiger partial charge in [0.25, 0.3) is 5.91 Å². The van der Waals surface area contributed by atoms with Crippen LogP contribution in [0.5, 0.6) is 0 Å². The maximum atomic E-state index is 13.5. The third-order valence-corrected chi connectivity index (χ3v) is 7.11. The SMILES string of the molecule is CCN(CC)CCN1CC(=O)NC2(CSC3=C2C(=O)c2ccccc2C3=O)C1=O.Cl. The fourth-order valence-electron chi connectivity index (χ4n) is 4.23. The molecular formula is C21H24ClN3O4S. The molecule has 0 saturated carbocycles. The Labute approximate surface area is 185 Å². The minimum atomic E-state index is -1.46. The zero-order valence-corrected chi connectivity index (χ0v) is 18.5. The molecule has 2 aliphatic heterocycles. The molecule has 1 aliphatic carbocycles. The molecule has 1 N–H and O–H groups in total. The van der Waals surface area contributed by atoms with Gasteiger partial charge in [-0.25, -0.2) is 0 Å². The number of rotatable bonds is 5. The molecule has 30 heavy (non-hydrogen) atoms. The van der Waals surface area contributed by atoms with Crippen LogP contribution in [-0.4, -0.2) is 77.2 Å². The summed E-state index contributed by atoms with van der Waals surface area (Å²) in [6.07, 6.45) is 0. The molecule has 9 heteroatoms. The number of Topliss-reactive ketones (excluding diaryl/α,β-unsaturated/α-hetero) is 2. The quantitative estimate of drug-likeness (QED) is 0.733. The molecule has 1 fully saturated rings. The Bertz CT molecular complexity index is 959. The van der Waals surface area contributed by atoms with Crippen LogP contribution in [0, 0.1) is 0 Å². The molecule has 3 aliphatic rings. The van der Waals surface area contributed by atoms with Gasteiger partial charge in [0, 0.05) is 30.0 Å². The number of hydrogen-bond acceptors (Lipinski definition) is 6. The lowest BCUT2D eigenvalue weighted by molar-refractivity contribution is -0.147. The number of ketones is 2. The van der Waals surface area contributed by atoms with Crippen LogP contribution in [-0.2, 0) is 9.59 Å². The van der Waals surface area contributed by atoms with E-state index in [0.29, 0.717) is 24.2 Å². The molecule has 2 amide bonds. The van der Waals surface area contributed by atoms with Gasteiger partial charge in [-0.1, -0.05) is 38.1 Å². The number of piperazine rings is 1. The van der Waals surface area contributed by atoms with E-state index in [0.717, 1.165) is 13.1 Å². The third-order valence-electron chi connectivity index (χ3n) is 5.86. The van der Waals surface area contributed by atoms with Gasteiger partial charge < -0.3 is 15.1 Å². The first-order chi connectivity index (χ1) is 13.9. The highest BCUT2D eigenvalue weighted by Gasteiger charge is 2.58. The Hall–Kier alpha value is -2.16. The van der Waals surface area contributed by atoms with Crippen molar-refractivity contribution in [3.8, 4) is 0 Å². The average Bonchev–Trinajstić information content (AvgIpc) is 3.10. The number of thioether (sulfide) groups is 1. The molecule has 1 spiro atoms. The lowest BCUT2D eigenvalue weighted by Gasteiger charge is -2.41. The van der Waals surface area contributed by atoms with Gasteiger partial charge in [-0.05, 0) is 13.1 Å². The predicted octanol–water partition coefficient (Wildman–Crippen LogP) is 1.53. The van der Waals surface area contributed by atoms with Crippen LogP contribution in [0.1, 0.15) is 34.6 Å². The van der Waals surface area contributed by atoms with Gasteiger partial charge in [-0.3, -0.25) is 19.2 Å². The van der Waals surface area contributed by atoms with Gasteiger partial charge in [0.15, 0.2) is 11.3 Å². The number of carbonyl (C=O) groups is 4. The highest BCUT2D eigenvalue weighted by atomic mass is 35.5. The second kappa shape index (κ2) is 8.53. The summed E-state index contributed by atoms with van der Waals surface area (Å²) in [4.78, 5) is 56.2. The van der Waals surface area contributed by atoms with Gasteiger partial charge in [0.2, 0.25) is 11.7 Å². The van der Waals surface area contributed by atoms with E-state index in [2.05, 4.69) is 10.2 Å². The standard InChI is InChI=1S/C21H23N3O4S.ClH/c1-3-23(4-2)9-10-24-11-15(25)22-21(20(24)28)12-29-19-16(21)17(26)13-7-5-6-8-14(13)18(19)27;/h5-8H,3-4,9-12H2,1-2H3,(H,22,25);1H. The van der Waals surface area contributed by atoms with Crippen molar-refractivity contribution in [1.29, 1.82) is 0 Å². The molecular weight excluding hydrogens is 426 g/mol. The largest absolute Gasteiger partial charge is 0.336 e. The van der Waals surface area contributed by atoms with Gasteiger partial charge in [-0.2, -0.15) is 0 Å². The fraction of sp³-hybridized carbons (Fsp3) is 0.429. The lowest BCUT2D eigenvalue weighted by atomic mass is 9.78. The number of nitrogens with one attached hydrogen (secondary N) is 1. The molecule has 1 atom stereocenters. The number of fused-ring (bicyclic) bond motifs is 2. The van der Waals surface area contributed by atoms with Crippen molar-refractivity contribution >= 4 is 47.5 Å². The zero-order valence-electron chi connectivity index (χ0n) is 16.9. The van der Waals surface area contributed by atoms with Gasteiger partial charge in [-0.15, -0.1) is 24.2 Å². The minimum Gasteiger partial charge on any atom is -0.336 e. The number of amides is 2. The molecule has 4 rings (SSSR count). The van der Waals surface area contributed by atoms with E-state index in [-0.39, 0.29) is 58.6 Å². The molecule has 7 nitrogen and oxygen atoms in total. The van der Waals surface area contributed by atoms with Crippen LogP contribution in [0.2, 0.25) is 0 Å². The monoisotopic (exact) mass is 449 g/mol. The van der Waals surface area contributed by atoms with Crippen molar-refractivity contribution in [2.75, 3.05) is 38.5 Å². The van der Waals surface area contributed by atoms with E-state index in [9.17, 15) is 19.2 Å². The normalized spacial score (nSPS) is 23.0. The second-order valence-corrected chi connectivity index (χ2v) is 8.39. The van der Waals surface area contributed by atoms with Gasteiger partial charge >= 0.3 is 0 Å². The van der Waals surface area contributed by atoms with Crippen molar-refractivity contribution in [3.05, 3.63) is 45.9 Å². The van der Waals surface area contributed by atoms with Crippen molar-refractivity contribution in [3.63, 3.8) is 0 Å². The highest BCUT2D eigenvalue weighted by molar-refractivity contribution is 8.04. The van der Waals surface area contributed by atoms with Gasteiger partial charge in [0.05, 0.1) is 17.0 Å². The zero-order chi connectivity index (χ0) is 20.8. The molecule has 0 aromatic heterocycles. The average molecular weight is 450 g/mol. The number of carbonyl (C=O) groups excluding carboxylic acids is 4. The number of hydrogen-bond donors (Lipinski definition) is 1. The molecule has 2 heterocycles. The molecule has 0 bridgehead atoms. The third kappa shape index (κ3) is 3.36. The number of nitrogens with zero attached hydrogens (tertiary/aromatic N) is 2. The fourth-order valence-corrected chi connectivity index (χ4v) is 5.58. The molecule has 1 unspecified atom stereocenters. The summed E-state index contributed by atoms with van der Waals surface area (Å²) in [5.74, 6) is -1.05. The Morgan fingerprint density at radius 1 is 1.07 bits per heavy atom. The Morgan fingerprint density at radius 2 is 1.70 bits per heavy atom. The summed E-state index contributed by atoms with van der Waals surface area (Å²) in [5, 5.41) is 2.77. The van der Waals surface area contributed by atoms with Crippen molar-refractivity contribution in [1.82, 2.24) is 15.1 Å². The summed E-state index contributed by atoms with van der Waals surface area (Å²) < 4.78 is 0. The van der Waals surface area contributed by atoms with E-state index in [1.807, 2.05) is 13.8 Å². The maximum absolute atomic E-state index is 13.5. The van der Waals surface area contributed by atoms with Crippen LogP contribution < -0.4 is 5.32 Å².